The molecule has 0 aliphatic carbocycles. The van der Waals surface area contributed by atoms with Crippen molar-refractivity contribution in [2.24, 2.45) is 0 Å². The molecule has 1 aromatic carbocycles. The molecular formula is C16H21N5O3S. The molecule has 0 saturated carbocycles. The van der Waals surface area contributed by atoms with Crippen molar-refractivity contribution in [3.8, 4) is 0 Å². The number of hydrogen-bond acceptors (Lipinski definition) is 6. The molecule has 9 heteroatoms. The molecule has 0 radical (unpaired) electrons. The average Bonchev–Trinajstić information content (AvgIpc) is 2.96. The van der Waals surface area contributed by atoms with E-state index in [2.05, 4.69) is 15.5 Å². The van der Waals surface area contributed by atoms with E-state index in [1.165, 1.54) is 17.8 Å². The van der Waals surface area contributed by atoms with Crippen LogP contribution in [0.1, 0.15) is 30.8 Å². The van der Waals surface area contributed by atoms with Gasteiger partial charge in [-0.2, -0.15) is 0 Å². The summed E-state index contributed by atoms with van der Waals surface area (Å²) in [6.07, 6.45) is 0.766. The van der Waals surface area contributed by atoms with Crippen LogP contribution in [0.3, 0.4) is 0 Å². The minimum atomic E-state index is -0.482. The van der Waals surface area contributed by atoms with Crippen molar-refractivity contribution < 1.29 is 9.72 Å². The first-order chi connectivity index (χ1) is 11.9. The van der Waals surface area contributed by atoms with Crippen LogP contribution in [0.5, 0.6) is 0 Å². The Labute approximate surface area is 150 Å². The number of aromatic nitrogens is 3. The molecule has 0 aliphatic rings. The van der Waals surface area contributed by atoms with Crippen molar-refractivity contribution in [2.45, 2.75) is 45.8 Å². The van der Waals surface area contributed by atoms with Crippen molar-refractivity contribution >= 4 is 29.0 Å². The maximum atomic E-state index is 12.3. The summed E-state index contributed by atoms with van der Waals surface area (Å²) < 4.78 is 1.96. The third kappa shape index (κ3) is 4.36. The minimum Gasteiger partial charge on any atom is -0.319 e. The van der Waals surface area contributed by atoms with E-state index < -0.39 is 4.92 Å². The second-order valence-electron chi connectivity index (χ2n) is 5.57. The molecular weight excluding hydrogens is 342 g/mol. The van der Waals surface area contributed by atoms with Crippen LogP contribution < -0.4 is 5.32 Å². The van der Waals surface area contributed by atoms with Gasteiger partial charge in [-0.1, -0.05) is 24.8 Å². The maximum absolute atomic E-state index is 12.3. The Kier molecular flexibility index (Phi) is 6.13. The van der Waals surface area contributed by atoms with Crippen LogP contribution in [0.2, 0.25) is 0 Å². The van der Waals surface area contributed by atoms with Crippen molar-refractivity contribution in [3.05, 3.63) is 39.2 Å². The number of carbonyl (C=O) groups excluding carboxylic acids is 1. The predicted molar refractivity (Wildman–Crippen MR) is 97.0 cm³/mol. The first-order valence-electron chi connectivity index (χ1n) is 7.97. The SMILES string of the molecule is CCc1nnc(SCC(=O)Nc2c(C)cc(C)cc2[N+](=O)[O-])n1CC. The molecule has 134 valence electrons. The van der Waals surface area contributed by atoms with Gasteiger partial charge in [-0.15, -0.1) is 10.2 Å². The van der Waals surface area contributed by atoms with Crippen LogP contribution in [-0.2, 0) is 17.8 Å². The highest BCUT2D eigenvalue weighted by Gasteiger charge is 2.20. The summed E-state index contributed by atoms with van der Waals surface area (Å²) in [7, 11) is 0. The quantitative estimate of drug-likeness (QED) is 0.460. The fourth-order valence-corrected chi connectivity index (χ4v) is 3.38. The van der Waals surface area contributed by atoms with Gasteiger partial charge in [-0.3, -0.25) is 14.9 Å². The number of aryl methyl sites for hydroxylation is 3. The lowest BCUT2D eigenvalue weighted by molar-refractivity contribution is -0.384. The van der Waals surface area contributed by atoms with Crippen LogP contribution in [0.4, 0.5) is 11.4 Å². The molecule has 0 bridgehead atoms. The molecule has 2 rings (SSSR count). The second-order valence-corrected chi connectivity index (χ2v) is 6.51. The Hall–Kier alpha value is -2.42. The van der Waals surface area contributed by atoms with Gasteiger partial charge in [0.2, 0.25) is 5.91 Å². The summed E-state index contributed by atoms with van der Waals surface area (Å²) in [5.74, 6) is 0.658. The van der Waals surface area contributed by atoms with Gasteiger partial charge in [-0.05, 0) is 31.9 Å². The number of thioether (sulfide) groups is 1. The number of benzene rings is 1. The van der Waals surface area contributed by atoms with Gasteiger partial charge in [0.25, 0.3) is 5.69 Å². The van der Waals surface area contributed by atoms with Gasteiger partial charge in [0.15, 0.2) is 5.16 Å². The van der Waals surface area contributed by atoms with Crippen LogP contribution in [-0.4, -0.2) is 31.3 Å². The van der Waals surface area contributed by atoms with E-state index in [0.29, 0.717) is 10.7 Å². The van der Waals surface area contributed by atoms with Crippen molar-refractivity contribution in [1.29, 1.82) is 0 Å². The van der Waals surface area contributed by atoms with Gasteiger partial charge >= 0.3 is 0 Å². The summed E-state index contributed by atoms with van der Waals surface area (Å²) >= 11 is 1.27. The molecule has 0 aliphatic heterocycles. The molecule has 0 fully saturated rings. The lowest BCUT2D eigenvalue weighted by Crippen LogP contribution is -2.16. The van der Waals surface area contributed by atoms with Crippen molar-refractivity contribution in [2.75, 3.05) is 11.1 Å². The third-order valence-electron chi connectivity index (χ3n) is 3.68. The lowest BCUT2D eigenvalue weighted by atomic mass is 10.1. The number of nitrogens with one attached hydrogen (secondary N) is 1. The molecule has 0 unspecified atom stereocenters. The normalized spacial score (nSPS) is 10.7. The zero-order chi connectivity index (χ0) is 18.6. The summed E-state index contributed by atoms with van der Waals surface area (Å²) in [4.78, 5) is 23.0. The summed E-state index contributed by atoms with van der Waals surface area (Å²) in [5, 5.41) is 22.8. The molecule has 8 nitrogen and oxygen atoms in total. The number of hydrogen-bond donors (Lipinski definition) is 1. The fraction of sp³-hybridized carbons (Fsp3) is 0.438. The van der Waals surface area contributed by atoms with Crippen LogP contribution in [0.15, 0.2) is 17.3 Å². The molecule has 0 saturated heterocycles. The van der Waals surface area contributed by atoms with Gasteiger partial charge in [0.05, 0.1) is 10.7 Å². The van der Waals surface area contributed by atoms with Gasteiger partial charge in [-0.25, -0.2) is 0 Å². The Bertz CT molecular complexity index is 803. The van der Waals surface area contributed by atoms with Crippen LogP contribution in [0, 0.1) is 24.0 Å². The molecule has 2 aromatic rings. The largest absolute Gasteiger partial charge is 0.319 e. The molecule has 0 atom stereocenters. The molecule has 25 heavy (non-hydrogen) atoms. The predicted octanol–water partition coefficient (Wildman–Crippen LogP) is 3.12. The molecule has 1 N–H and O–H groups in total. The van der Waals surface area contributed by atoms with Gasteiger partial charge in [0.1, 0.15) is 11.5 Å². The fourth-order valence-electron chi connectivity index (χ4n) is 2.56. The maximum Gasteiger partial charge on any atom is 0.293 e. The first-order valence-corrected chi connectivity index (χ1v) is 8.96. The van der Waals surface area contributed by atoms with E-state index in [-0.39, 0.29) is 23.0 Å². The smallest absolute Gasteiger partial charge is 0.293 e. The molecule has 1 amide bonds. The Morgan fingerprint density at radius 1 is 1.32 bits per heavy atom. The number of amides is 1. The van der Waals surface area contributed by atoms with Crippen LogP contribution in [0.25, 0.3) is 0 Å². The average molecular weight is 363 g/mol. The number of carbonyl (C=O) groups is 1. The number of nitro benzene ring substituents is 1. The Morgan fingerprint density at radius 3 is 2.64 bits per heavy atom. The van der Waals surface area contributed by atoms with E-state index in [1.807, 2.05) is 18.4 Å². The van der Waals surface area contributed by atoms with Crippen LogP contribution >= 0.6 is 11.8 Å². The summed E-state index contributed by atoms with van der Waals surface area (Å²) in [5.41, 5.74) is 1.59. The van der Waals surface area contributed by atoms with Gasteiger partial charge < -0.3 is 9.88 Å². The Morgan fingerprint density at radius 2 is 2.04 bits per heavy atom. The number of anilines is 1. The topological polar surface area (TPSA) is 103 Å². The highest BCUT2D eigenvalue weighted by atomic mass is 32.2. The number of nitrogens with zero attached hydrogens (tertiary/aromatic N) is 4. The van der Waals surface area contributed by atoms with Crippen molar-refractivity contribution in [1.82, 2.24) is 14.8 Å². The third-order valence-corrected chi connectivity index (χ3v) is 4.65. The van der Waals surface area contributed by atoms with E-state index >= 15 is 0 Å². The van der Waals surface area contributed by atoms with E-state index in [0.717, 1.165) is 24.4 Å². The highest BCUT2D eigenvalue weighted by Crippen LogP contribution is 2.30. The summed E-state index contributed by atoms with van der Waals surface area (Å²) in [6.45, 7) is 8.24. The standard InChI is InChI=1S/C16H21N5O3S/c1-5-13-18-19-16(20(13)6-2)25-9-14(22)17-15-11(4)7-10(3)8-12(15)21(23)24/h7-8H,5-6,9H2,1-4H3,(H,17,22). The molecule has 1 aromatic heterocycles. The van der Waals surface area contributed by atoms with E-state index in [1.54, 1.807) is 19.9 Å². The number of nitro groups is 1. The lowest BCUT2D eigenvalue weighted by Gasteiger charge is -2.10. The van der Waals surface area contributed by atoms with Crippen molar-refractivity contribution in [3.63, 3.8) is 0 Å². The molecule has 0 spiro atoms. The zero-order valence-corrected chi connectivity index (χ0v) is 15.5. The van der Waals surface area contributed by atoms with E-state index in [4.69, 9.17) is 0 Å². The summed E-state index contributed by atoms with van der Waals surface area (Å²) in [6, 6.07) is 3.26. The highest BCUT2D eigenvalue weighted by molar-refractivity contribution is 7.99. The second kappa shape index (κ2) is 8.11. The Balaban J connectivity index is 2.11. The first kappa shape index (κ1) is 18.9. The zero-order valence-electron chi connectivity index (χ0n) is 14.7. The number of rotatable bonds is 7. The monoisotopic (exact) mass is 363 g/mol. The molecule has 1 heterocycles. The van der Waals surface area contributed by atoms with E-state index in [9.17, 15) is 14.9 Å². The minimum absolute atomic E-state index is 0.0964. The van der Waals surface area contributed by atoms with Gasteiger partial charge in [0, 0.05) is 19.0 Å².